The van der Waals surface area contributed by atoms with Crippen molar-refractivity contribution in [2.45, 2.75) is 279 Å². The van der Waals surface area contributed by atoms with Gasteiger partial charge in [0.15, 0.2) is 0 Å². The zero-order chi connectivity index (χ0) is 77.1. The van der Waals surface area contributed by atoms with Crippen molar-refractivity contribution in [3.8, 4) is 24.7 Å². The van der Waals surface area contributed by atoms with Crippen molar-refractivity contribution in [1.82, 2.24) is 64.8 Å². The van der Waals surface area contributed by atoms with Crippen molar-refractivity contribution in [3.05, 3.63) is 219 Å². The molecule has 0 saturated heterocycles. The number of aromatic nitrogens is 13. The van der Waals surface area contributed by atoms with Crippen molar-refractivity contribution in [1.29, 1.82) is 0 Å². The van der Waals surface area contributed by atoms with Gasteiger partial charge in [0, 0.05) is 115 Å². The molecule has 100 heavy (non-hydrogen) atoms. The molecule has 0 bridgehead atoms. The summed E-state index contributed by atoms with van der Waals surface area (Å²) < 4.78 is 0. The molecule has 0 radical (unpaired) electrons. The summed E-state index contributed by atoms with van der Waals surface area (Å²) in [6, 6.07) is 24.0. The summed E-state index contributed by atoms with van der Waals surface area (Å²) in [5, 5.41) is 0. The lowest BCUT2D eigenvalue weighted by atomic mass is 9.84. The molecule has 9 heterocycles. The van der Waals surface area contributed by atoms with E-state index in [2.05, 4.69) is 319 Å². The molecular formula is C86H126N14. The lowest BCUT2D eigenvalue weighted by molar-refractivity contribution is 0.525. The molecule has 14 heteroatoms. The lowest BCUT2D eigenvalue weighted by Gasteiger charge is -2.20. The number of hydrogen-bond donors (Lipinski definition) is 0. The Morgan fingerprint density at radius 1 is 0.330 bits per heavy atom. The van der Waals surface area contributed by atoms with Crippen molar-refractivity contribution >= 4 is 5.71 Å². The van der Waals surface area contributed by atoms with Crippen LogP contribution in [-0.4, -0.2) is 77.0 Å². The average molecular weight is 1360 g/mol. The van der Waals surface area contributed by atoms with Crippen molar-refractivity contribution < 1.29 is 0 Å². The number of rotatable bonds is 0. The second-order valence-corrected chi connectivity index (χ2v) is 34.2. The minimum atomic E-state index is -0.0349. The maximum absolute atomic E-state index is 5.22. The minimum Gasteiger partial charge on any atom is -0.286 e. The van der Waals surface area contributed by atoms with E-state index in [9.17, 15) is 0 Å². The Balaban J connectivity index is 0.000000563. The van der Waals surface area contributed by atoms with E-state index in [4.69, 9.17) is 12.8 Å². The second kappa shape index (κ2) is 38.8. The molecule has 0 saturated carbocycles. The van der Waals surface area contributed by atoms with Gasteiger partial charge in [-0.25, -0.2) is 49.8 Å². The molecule has 9 rings (SSSR count). The summed E-state index contributed by atoms with van der Waals surface area (Å²) in [5.41, 5.74) is 17.6. The molecule has 540 valence electrons. The van der Waals surface area contributed by atoms with Crippen LogP contribution in [0.5, 0.6) is 0 Å². The van der Waals surface area contributed by atoms with Gasteiger partial charge in [-0.15, -0.1) is 12.8 Å². The molecule has 0 fully saturated rings. The molecule has 8 aromatic rings. The third-order valence-corrected chi connectivity index (χ3v) is 14.7. The van der Waals surface area contributed by atoms with Crippen LogP contribution in [0.1, 0.15) is 285 Å². The van der Waals surface area contributed by atoms with Gasteiger partial charge < -0.3 is 0 Å². The van der Waals surface area contributed by atoms with Gasteiger partial charge in [-0.2, -0.15) is 0 Å². The Morgan fingerprint density at radius 3 is 1.17 bits per heavy atom. The minimum absolute atomic E-state index is 0.0349. The lowest BCUT2D eigenvalue weighted by Crippen LogP contribution is -2.16. The molecule has 14 nitrogen and oxygen atoms in total. The number of allylic oxidation sites excluding steroid dienone is 1. The molecule has 0 unspecified atom stereocenters. The van der Waals surface area contributed by atoms with E-state index in [1.807, 2.05) is 95.8 Å². The second-order valence-electron chi connectivity index (χ2n) is 34.2. The smallest absolute Gasteiger partial charge is 0.135 e. The van der Waals surface area contributed by atoms with Crippen molar-refractivity contribution in [2.24, 2.45) is 10.4 Å². The van der Waals surface area contributed by atoms with Crippen molar-refractivity contribution in [3.63, 3.8) is 0 Å². The molecule has 0 atom stereocenters. The molecule has 8 aromatic heterocycles. The number of aliphatic imine (C=N–C) groups is 1. The Kier molecular flexibility index (Phi) is 34.7. The summed E-state index contributed by atoms with van der Waals surface area (Å²) in [5.74, 6) is 7.53. The molecule has 1 aliphatic heterocycles. The normalized spacial score (nSPS) is 12.2. The standard InChI is InChI=1S/2C10H12N2.3C10H15N.3C9H14N2.C9H15N/c1-5-8-6-9(10(2,3)4)12-7-11-8;1-5-8-6-7-11-9(12-8)10(2,3)4;1-8-7-9(5-6-11-8)10(2,3)4;1-8-9(10(2,3)4)6-5-7-11-8;1-8-6-5-7-9(11-8)10(2,3)4;1-7-5-8(9(2,3)4)11-6-10-7;1-7-10-6-5-8(11-7)9(2,3)4;1-7-5-6-10-8(11-7)9(2,3)4;1-7-8(5-6-10-7)9(2,3)4/h2*1,6-7H,2-4H3;3*5-7H,1-4H3;3*5-6H,1-4H3;5H,6H2,1-4H3. The van der Waals surface area contributed by atoms with Crippen LogP contribution in [0.25, 0.3) is 0 Å². The van der Waals surface area contributed by atoms with E-state index in [0.29, 0.717) is 11.4 Å². The van der Waals surface area contributed by atoms with Gasteiger partial charge in [0.2, 0.25) is 0 Å². The van der Waals surface area contributed by atoms with Crippen LogP contribution in [0.15, 0.2) is 133 Å². The number of hydrogen-bond acceptors (Lipinski definition) is 14. The number of aryl methyl sites for hydroxylation is 6. The van der Waals surface area contributed by atoms with E-state index in [-0.39, 0.29) is 48.7 Å². The highest BCUT2D eigenvalue weighted by atomic mass is 14.9. The van der Waals surface area contributed by atoms with Crippen LogP contribution in [0.2, 0.25) is 0 Å². The first kappa shape index (κ1) is 89.4. The van der Waals surface area contributed by atoms with Gasteiger partial charge in [0.05, 0.1) is 12.2 Å². The van der Waals surface area contributed by atoms with Gasteiger partial charge in [0.25, 0.3) is 0 Å². The first-order valence-corrected chi connectivity index (χ1v) is 34.6. The van der Waals surface area contributed by atoms with Crippen LogP contribution in [-0.2, 0) is 43.3 Å². The molecule has 0 aromatic carbocycles. The fourth-order valence-electron chi connectivity index (χ4n) is 8.80. The Hall–Kier alpha value is -8.62. The summed E-state index contributed by atoms with van der Waals surface area (Å²) in [6.07, 6.45) is 24.8. The first-order valence-electron chi connectivity index (χ1n) is 34.6. The van der Waals surface area contributed by atoms with E-state index in [0.717, 1.165) is 75.3 Å². The molecule has 0 N–H and O–H groups in total. The molecule has 1 aliphatic rings. The van der Waals surface area contributed by atoms with E-state index >= 15 is 0 Å². The molecule has 0 spiro atoms. The van der Waals surface area contributed by atoms with E-state index < -0.39 is 0 Å². The van der Waals surface area contributed by atoms with Crippen LogP contribution in [0.3, 0.4) is 0 Å². The highest BCUT2D eigenvalue weighted by molar-refractivity contribution is 6.00. The third kappa shape index (κ3) is 35.4. The van der Waals surface area contributed by atoms with Gasteiger partial charge in [-0.3, -0.25) is 19.9 Å². The quantitative estimate of drug-likeness (QED) is 0.131. The number of terminal acetylenes is 2. The highest BCUT2D eigenvalue weighted by Gasteiger charge is 2.23. The number of nitrogens with zero attached hydrogens (tertiary/aromatic N) is 14. The topological polar surface area (TPSA) is 180 Å². The Bertz CT molecular complexity index is 3540. The monoisotopic (exact) mass is 1360 g/mol. The predicted molar refractivity (Wildman–Crippen MR) is 422 cm³/mol. The van der Waals surface area contributed by atoms with Gasteiger partial charge in [-0.05, 0) is 142 Å². The summed E-state index contributed by atoms with van der Waals surface area (Å²) in [6.45, 7) is 73.1. The van der Waals surface area contributed by atoms with Crippen molar-refractivity contribution in [2.75, 3.05) is 6.54 Å². The van der Waals surface area contributed by atoms with E-state index in [1.165, 1.54) is 28.7 Å². The molecule has 0 aliphatic carbocycles. The maximum atomic E-state index is 5.22. The fourth-order valence-corrected chi connectivity index (χ4v) is 8.80. The number of pyridine rings is 3. The van der Waals surface area contributed by atoms with Crippen LogP contribution < -0.4 is 0 Å². The van der Waals surface area contributed by atoms with Gasteiger partial charge >= 0.3 is 0 Å². The van der Waals surface area contributed by atoms with Crippen LogP contribution in [0, 0.1) is 71.6 Å². The summed E-state index contributed by atoms with van der Waals surface area (Å²) >= 11 is 0. The summed E-state index contributed by atoms with van der Waals surface area (Å²) in [7, 11) is 0. The summed E-state index contributed by atoms with van der Waals surface area (Å²) in [4.78, 5) is 58.7. The van der Waals surface area contributed by atoms with Crippen LogP contribution >= 0.6 is 0 Å². The Morgan fingerprint density at radius 2 is 0.810 bits per heavy atom. The zero-order valence-corrected chi connectivity index (χ0v) is 68.2. The third-order valence-electron chi connectivity index (χ3n) is 14.7. The largest absolute Gasteiger partial charge is 0.286 e. The first-order chi connectivity index (χ1) is 45.6. The predicted octanol–water partition coefficient (Wildman–Crippen LogP) is 20.3. The fraction of sp³-hybridized carbons (Fsp3) is 0.512. The van der Waals surface area contributed by atoms with Gasteiger partial charge in [-0.1, -0.05) is 217 Å². The highest BCUT2D eigenvalue weighted by Crippen LogP contribution is 2.29. The van der Waals surface area contributed by atoms with Gasteiger partial charge in [0.1, 0.15) is 41.5 Å². The van der Waals surface area contributed by atoms with E-state index in [1.54, 1.807) is 18.6 Å². The average Bonchev–Trinajstić information content (AvgIpc) is 1.61. The zero-order valence-electron chi connectivity index (χ0n) is 68.2. The molecule has 0 amide bonds. The SMILES string of the molecule is C#Cc1cc(C(C)(C)C)ncn1.C#Cc1ccnc(C(C)(C)C)n1.CC1=NCC=C1C(C)(C)C.Cc1cc(C(C)(C)C)ccn1.Cc1cc(C(C)(C)C)ncn1.Cc1cccc(C(C)(C)C)n1.Cc1ccnc(C(C)(C)C)n1.Cc1nccc(C(C)(C)C)n1.Cc1ncccc1C(C)(C)C. The van der Waals surface area contributed by atoms with Crippen LogP contribution in [0.4, 0.5) is 0 Å². The maximum Gasteiger partial charge on any atom is 0.135 e. The molecular weight excluding hydrogens is 1230 g/mol. The Labute approximate surface area is 607 Å².